The minimum atomic E-state index is -0.901. The van der Waals surface area contributed by atoms with Crippen LogP contribution in [0.2, 0.25) is 0 Å². The Morgan fingerprint density at radius 3 is 2.73 bits per heavy atom. The minimum absolute atomic E-state index is 0.236. The van der Waals surface area contributed by atoms with E-state index in [9.17, 15) is 9.59 Å². The van der Waals surface area contributed by atoms with Gasteiger partial charge in [0.2, 0.25) is 5.91 Å². The molecular weight excluding hydrogens is 330 g/mol. The Labute approximate surface area is 153 Å². The van der Waals surface area contributed by atoms with Gasteiger partial charge in [0.25, 0.3) is 0 Å². The second-order valence-corrected chi connectivity index (χ2v) is 7.01. The normalized spacial score (nSPS) is 17.2. The van der Waals surface area contributed by atoms with Gasteiger partial charge in [-0.3, -0.25) is 9.89 Å². The largest absolute Gasteiger partial charge is 0.478 e. The summed E-state index contributed by atoms with van der Waals surface area (Å²) in [6.07, 6.45) is 8.99. The first-order valence-corrected chi connectivity index (χ1v) is 9.19. The van der Waals surface area contributed by atoms with Crippen LogP contribution in [0.4, 0.5) is 0 Å². The molecule has 1 atom stereocenters. The third-order valence-corrected chi connectivity index (χ3v) is 5.01. The fraction of sp³-hybridized carbons (Fsp3) is 0.450. The number of nitrogens with zero attached hydrogens (tertiary/aromatic N) is 2. The van der Waals surface area contributed by atoms with Crippen molar-refractivity contribution in [3.05, 3.63) is 53.3 Å². The van der Waals surface area contributed by atoms with E-state index in [1.54, 1.807) is 18.3 Å². The van der Waals surface area contributed by atoms with E-state index in [4.69, 9.17) is 5.11 Å². The first-order valence-electron chi connectivity index (χ1n) is 9.19. The summed E-state index contributed by atoms with van der Waals surface area (Å²) in [6.45, 7) is 1.64. The number of carboxylic acid groups (broad SMARTS) is 1. The molecule has 0 saturated carbocycles. The molecule has 1 fully saturated rings. The number of benzene rings is 1. The number of hydrogen-bond donors (Lipinski definition) is 2. The number of H-pyrrole nitrogens is 1. The van der Waals surface area contributed by atoms with Crippen molar-refractivity contribution in [2.24, 2.45) is 5.92 Å². The number of aromatic nitrogens is 2. The number of likely N-dealkylation sites (tertiary alicyclic amines) is 1. The maximum Gasteiger partial charge on any atom is 0.335 e. The Hall–Kier alpha value is -2.63. The van der Waals surface area contributed by atoms with Crippen molar-refractivity contribution in [1.82, 2.24) is 15.1 Å². The first kappa shape index (κ1) is 18.2. The average molecular weight is 355 g/mol. The molecule has 138 valence electrons. The van der Waals surface area contributed by atoms with E-state index in [-0.39, 0.29) is 5.91 Å². The van der Waals surface area contributed by atoms with Crippen molar-refractivity contribution in [3.63, 3.8) is 0 Å². The molecule has 1 aromatic carbocycles. The maximum absolute atomic E-state index is 12.5. The fourth-order valence-corrected chi connectivity index (χ4v) is 3.59. The van der Waals surface area contributed by atoms with Crippen LogP contribution in [0.1, 0.15) is 47.2 Å². The van der Waals surface area contributed by atoms with Gasteiger partial charge >= 0.3 is 5.97 Å². The maximum atomic E-state index is 12.5. The summed E-state index contributed by atoms with van der Waals surface area (Å²) < 4.78 is 0. The van der Waals surface area contributed by atoms with Gasteiger partial charge in [-0.2, -0.15) is 5.10 Å². The van der Waals surface area contributed by atoms with E-state index in [0.717, 1.165) is 56.3 Å². The molecule has 0 bridgehead atoms. The number of piperidine rings is 1. The molecule has 0 unspecified atom stereocenters. The zero-order chi connectivity index (χ0) is 18.4. The number of nitrogens with one attached hydrogen (secondary N) is 1. The molecule has 0 radical (unpaired) electrons. The minimum Gasteiger partial charge on any atom is -0.478 e. The number of rotatable bonds is 7. The van der Waals surface area contributed by atoms with E-state index in [2.05, 4.69) is 10.2 Å². The van der Waals surface area contributed by atoms with E-state index in [1.807, 2.05) is 23.2 Å². The third kappa shape index (κ3) is 4.94. The molecule has 26 heavy (non-hydrogen) atoms. The Kier molecular flexibility index (Phi) is 6.04. The molecule has 2 heterocycles. The average Bonchev–Trinajstić information content (AvgIpc) is 3.16. The van der Waals surface area contributed by atoms with Crippen LogP contribution in [0.5, 0.6) is 0 Å². The van der Waals surface area contributed by atoms with Crippen LogP contribution in [0.3, 0.4) is 0 Å². The second-order valence-electron chi connectivity index (χ2n) is 7.01. The fourth-order valence-electron chi connectivity index (χ4n) is 3.59. The Morgan fingerprint density at radius 2 is 2.04 bits per heavy atom. The van der Waals surface area contributed by atoms with Crippen LogP contribution in [0.25, 0.3) is 0 Å². The lowest BCUT2D eigenvalue weighted by atomic mass is 9.90. The van der Waals surface area contributed by atoms with Gasteiger partial charge in [-0.1, -0.05) is 12.1 Å². The smallest absolute Gasteiger partial charge is 0.335 e. The number of carboxylic acids is 1. The van der Waals surface area contributed by atoms with Gasteiger partial charge in [0.15, 0.2) is 0 Å². The molecule has 1 amide bonds. The molecule has 1 aromatic heterocycles. The number of carbonyl (C=O) groups is 2. The highest BCUT2D eigenvalue weighted by Gasteiger charge is 2.23. The predicted octanol–water partition coefficient (Wildman–Crippen LogP) is 2.91. The Balaban J connectivity index is 1.47. The SMILES string of the molecule is O=C(O)c1ccc(C[C@@H]2CCCN(C(=O)CCCc3cn[nH]c3)C2)cc1. The standard InChI is InChI=1S/C20H25N3O3/c24-19(5-1-3-17-12-21-22-13-17)23-10-2-4-16(14-23)11-15-6-8-18(9-7-15)20(25)26/h6-9,12-13,16H,1-5,10-11,14H2,(H,21,22)(H,25,26)/t16-/m0/s1. The van der Waals surface area contributed by atoms with Crippen LogP contribution in [-0.2, 0) is 17.6 Å². The molecular formula is C20H25N3O3. The van der Waals surface area contributed by atoms with E-state index in [0.29, 0.717) is 17.9 Å². The van der Waals surface area contributed by atoms with Crippen molar-refractivity contribution in [2.45, 2.75) is 38.5 Å². The summed E-state index contributed by atoms with van der Waals surface area (Å²) in [5.41, 5.74) is 2.58. The lowest BCUT2D eigenvalue weighted by Gasteiger charge is -2.33. The van der Waals surface area contributed by atoms with Gasteiger partial charge in [-0.05, 0) is 61.3 Å². The molecule has 6 heteroatoms. The predicted molar refractivity (Wildman–Crippen MR) is 97.9 cm³/mol. The van der Waals surface area contributed by atoms with Crippen molar-refractivity contribution in [3.8, 4) is 0 Å². The summed E-state index contributed by atoms with van der Waals surface area (Å²) in [5.74, 6) is -0.224. The zero-order valence-electron chi connectivity index (χ0n) is 14.9. The highest BCUT2D eigenvalue weighted by molar-refractivity contribution is 5.87. The number of amides is 1. The number of aromatic amines is 1. The van der Waals surface area contributed by atoms with Crippen LogP contribution < -0.4 is 0 Å². The Bertz CT molecular complexity index is 725. The van der Waals surface area contributed by atoms with Crippen molar-refractivity contribution in [2.75, 3.05) is 13.1 Å². The van der Waals surface area contributed by atoms with Gasteiger partial charge in [0.1, 0.15) is 0 Å². The molecule has 3 rings (SSSR count). The summed E-state index contributed by atoms with van der Waals surface area (Å²) >= 11 is 0. The highest BCUT2D eigenvalue weighted by atomic mass is 16.4. The third-order valence-electron chi connectivity index (χ3n) is 5.01. The number of aryl methyl sites for hydroxylation is 1. The lowest BCUT2D eigenvalue weighted by Crippen LogP contribution is -2.40. The van der Waals surface area contributed by atoms with Gasteiger partial charge in [0.05, 0.1) is 11.8 Å². The summed E-state index contributed by atoms with van der Waals surface area (Å²) in [7, 11) is 0. The molecule has 1 aliphatic heterocycles. The van der Waals surface area contributed by atoms with Crippen molar-refractivity contribution < 1.29 is 14.7 Å². The van der Waals surface area contributed by atoms with E-state index in [1.165, 1.54) is 0 Å². The number of carbonyl (C=O) groups excluding carboxylic acids is 1. The first-order chi connectivity index (χ1) is 12.6. The Morgan fingerprint density at radius 1 is 1.23 bits per heavy atom. The van der Waals surface area contributed by atoms with Crippen LogP contribution in [0.15, 0.2) is 36.7 Å². The topological polar surface area (TPSA) is 86.3 Å². The van der Waals surface area contributed by atoms with Crippen molar-refractivity contribution in [1.29, 1.82) is 0 Å². The summed E-state index contributed by atoms with van der Waals surface area (Å²) in [5, 5.41) is 15.7. The quantitative estimate of drug-likeness (QED) is 0.799. The molecule has 0 spiro atoms. The van der Waals surface area contributed by atoms with Crippen LogP contribution in [0, 0.1) is 5.92 Å². The van der Waals surface area contributed by atoms with Crippen LogP contribution >= 0.6 is 0 Å². The van der Waals surface area contributed by atoms with Gasteiger partial charge in [0, 0.05) is 25.7 Å². The molecule has 2 N–H and O–H groups in total. The summed E-state index contributed by atoms with van der Waals surface area (Å²) in [6, 6.07) is 7.07. The number of aromatic carboxylic acids is 1. The van der Waals surface area contributed by atoms with E-state index >= 15 is 0 Å². The lowest BCUT2D eigenvalue weighted by molar-refractivity contribution is -0.133. The van der Waals surface area contributed by atoms with Gasteiger partial charge in [-0.15, -0.1) is 0 Å². The molecule has 1 aliphatic rings. The summed E-state index contributed by atoms with van der Waals surface area (Å²) in [4.78, 5) is 25.4. The molecule has 0 aliphatic carbocycles. The van der Waals surface area contributed by atoms with Gasteiger partial charge < -0.3 is 10.0 Å². The second kappa shape index (κ2) is 8.65. The zero-order valence-corrected chi connectivity index (χ0v) is 14.9. The van der Waals surface area contributed by atoms with Crippen molar-refractivity contribution >= 4 is 11.9 Å². The highest BCUT2D eigenvalue weighted by Crippen LogP contribution is 2.22. The molecule has 2 aromatic rings. The number of hydrogen-bond acceptors (Lipinski definition) is 3. The molecule has 1 saturated heterocycles. The van der Waals surface area contributed by atoms with Crippen LogP contribution in [-0.4, -0.2) is 45.2 Å². The molecule has 6 nitrogen and oxygen atoms in total. The van der Waals surface area contributed by atoms with E-state index < -0.39 is 5.97 Å². The van der Waals surface area contributed by atoms with Gasteiger partial charge in [-0.25, -0.2) is 4.79 Å². The monoisotopic (exact) mass is 355 g/mol.